The molecule has 1 aromatic rings. The van der Waals surface area contributed by atoms with Crippen molar-refractivity contribution in [2.45, 2.75) is 38.3 Å². The van der Waals surface area contributed by atoms with E-state index in [-0.39, 0.29) is 12.4 Å². The van der Waals surface area contributed by atoms with Gasteiger partial charge in [0.25, 0.3) is 0 Å². The molecule has 0 saturated carbocycles. The molecule has 1 rings (SSSR count). The monoisotopic (exact) mass is 323 g/mol. The van der Waals surface area contributed by atoms with Crippen molar-refractivity contribution in [1.29, 1.82) is 0 Å². The SMILES string of the molecule is CCCC[C@H](O)[C@H](N)c1ccc(OC)c(OC)c1Cl.Cl. The zero-order valence-corrected chi connectivity index (χ0v) is 13.6. The van der Waals surface area contributed by atoms with Crippen LogP contribution in [0.3, 0.4) is 0 Å². The highest BCUT2D eigenvalue weighted by atomic mass is 35.5. The van der Waals surface area contributed by atoms with Crippen molar-refractivity contribution in [3.63, 3.8) is 0 Å². The van der Waals surface area contributed by atoms with Gasteiger partial charge in [-0.05, 0) is 18.1 Å². The maximum absolute atomic E-state index is 10.1. The van der Waals surface area contributed by atoms with E-state index in [1.807, 2.05) is 0 Å². The standard InChI is InChI=1S/C14H22ClNO3.ClH/c1-4-5-6-10(17)13(16)9-7-8-11(18-2)14(19-3)12(9)15;/h7-8,10,13,17H,4-6,16H2,1-3H3;1H/t10-,13+;/m0./s1. The van der Waals surface area contributed by atoms with Crippen molar-refractivity contribution in [2.24, 2.45) is 5.73 Å². The molecule has 3 N–H and O–H groups in total. The van der Waals surface area contributed by atoms with Crippen molar-refractivity contribution >= 4 is 24.0 Å². The Hall–Kier alpha value is -0.680. The fourth-order valence-electron chi connectivity index (χ4n) is 1.96. The summed E-state index contributed by atoms with van der Waals surface area (Å²) in [5.74, 6) is 0.992. The topological polar surface area (TPSA) is 64.7 Å². The predicted octanol–water partition coefficient (Wildman–Crippen LogP) is 3.33. The third-order valence-electron chi connectivity index (χ3n) is 3.14. The van der Waals surface area contributed by atoms with E-state index in [1.165, 1.54) is 7.11 Å². The van der Waals surface area contributed by atoms with Crippen LogP contribution in [0.2, 0.25) is 5.02 Å². The summed E-state index contributed by atoms with van der Waals surface area (Å²) in [5.41, 5.74) is 6.73. The van der Waals surface area contributed by atoms with E-state index < -0.39 is 12.1 Å². The van der Waals surface area contributed by atoms with E-state index in [9.17, 15) is 5.11 Å². The van der Waals surface area contributed by atoms with E-state index in [1.54, 1.807) is 19.2 Å². The van der Waals surface area contributed by atoms with Crippen molar-refractivity contribution in [3.05, 3.63) is 22.7 Å². The van der Waals surface area contributed by atoms with E-state index in [4.69, 9.17) is 26.8 Å². The van der Waals surface area contributed by atoms with Crippen LogP contribution in [0.15, 0.2) is 12.1 Å². The van der Waals surface area contributed by atoms with Crippen molar-refractivity contribution < 1.29 is 14.6 Å². The Kier molecular flexibility index (Phi) is 8.98. The number of nitrogens with two attached hydrogens (primary N) is 1. The van der Waals surface area contributed by atoms with Crippen LogP contribution in [-0.2, 0) is 0 Å². The molecule has 0 amide bonds. The highest BCUT2D eigenvalue weighted by Gasteiger charge is 2.22. The van der Waals surface area contributed by atoms with Crippen LogP contribution in [-0.4, -0.2) is 25.4 Å². The second-order valence-electron chi connectivity index (χ2n) is 4.44. The molecule has 0 unspecified atom stereocenters. The molecule has 0 heterocycles. The van der Waals surface area contributed by atoms with Gasteiger partial charge in [0.15, 0.2) is 11.5 Å². The fraction of sp³-hybridized carbons (Fsp3) is 0.571. The van der Waals surface area contributed by atoms with E-state index >= 15 is 0 Å². The number of aliphatic hydroxyl groups is 1. The van der Waals surface area contributed by atoms with Gasteiger partial charge in [0.05, 0.1) is 31.4 Å². The lowest BCUT2D eigenvalue weighted by molar-refractivity contribution is 0.132. The summed E-state index contributed by atoms with van der Waals surface area (Å²) in [5, 5.41) is 10.5. The summed E-state index contributed by atoms with van der Waals surface area (Å²) in [7, 11) is 3.07. The molecule has 0 spiro atoms. The second-order valence-corrected chi connectivity index (χ2v) is 4.82. The number of ether oxygens (including phenoxy) is 2. The minimum absolute atomic E-state index is 0. The molecule has 0 aromatic heterocycles. The fourth-order valence-corrected chi connectivity index (χ4v) is 2.32. The first-order chi connectivity index (χ1) is 9.06. The zero-order chi connectivity index (χ0) is 14.4. The van der Waals surface area contributed by atoms with Crippen LogP contribution < -0.4 is 15.2 Å². The Morgan fingerprint density at radius 1 is 1.30 bits per heavy atom. The maximum atomic E-state index is 10.1. The van der Waals surface area contributed by atoms with E-state index in [0.29, 0.717) is 28.5 Å². The Balaban J connectivity index is 0.00000361. The highest BCUT2D eigenvalue weighted by Crippen LogP contribution is 2.39. The first-order valence-corrected chi connectivity index (χ1v) is 6.78. The third-order valence-corrected chi connectivity index (χ3v) is 3.53. The van der Waals surface area contributed by atoms with Crippen LogP contribution in [0.1, 0.15) is 37.8 Å². The summed E-state index contributed by atoms with van der Waals surface area (Å²) >= 11 is 6.27. The molecule has 0 fully saturated rings. The summed E-state index contributed by atoms with van der Waals surface area (Å²) in [6.45, 7) is 2.07. The van der Waals surface area contributed by atoms with Gasteiger partial charge in [-0.15, -0.1) is 12.4 Å². The summed E-state index contributed by atoms with van der Waals surface area (Å²) in [4.78, 5) is 0. The normalized spacial score (nSPS) is 13.3. The van der Waals surface area contributed by atoms with E-state index in [0.717, 1.165) is 12.8 Å². The number of halogens is 2. The number of methoxy groups -OCH3 is 2. The molecule has 0 aliphatic heterocycles. The van der Waals surface area contributed by atoms with Crippen molar-refractivity contribution in [2.75, 3.05) is 14.2 Å². The van der Waals surface area contributed by atoms with Gasteiger partial charge < -0.3 is 20.3 Å². The highest BCUT2D eigenvalue weighted by molar-refractivity contribution is 6.33. The molecule has 0 aliphatic carbocycles. The van der Waals surface area contributed by atoms with Gasteiger partial charge in [0.2, 0.25) is 0 Å². The Morgan fingerprint density at radius 3 is 2.45 bits per heavy atom. The minimum Gasteiger partial charge on any atom is -0.493 e. The molecular weight excluding hydrogens is 301 g/mol. The summed E-state index contributed by atoms with van der Waals surface area (Å²) < 4.78 is 10.4. The molecule has 6 heteroatoms. The number of aliphatic hydroxyl groups excluding tert-OH is 1. The van der Waals surface area contributed by atoms with Crippen LogP contribution in [0.25, 0.3) is 0 Å². The first-order valence-electron chi connectivity index (χ1n) is 6.40. The average molecular weight is 324 g/mol. The van der Waals surface area contributed by atoms with Gasteiger partial charge in [0, 0.05) is 0 Å². The molecule has 0 bridgehead atoms. The molecule has 0 radical (unpaired) electrons. The first kappa shape index (κ1) is 19.3. The quantitative estimate of drug-likeness (QED) is 0.807. The minimum atomic E-state index is -0.615. The van der Waals surface area contributed by atoms with Gasteiger partial charge in [-0.3, -0.25) is 0 Å². The summed E-state index contributed by atoms with van der Waals surface area (Å²) in [6, 6.07) is 2.98. The molecule has 20 heavy (non-hydrogen) atoms. The van der Waals surface area contributed by atoms with Gasteiger partial charge in [0.1, 0.15) is 0 Å². The number of hydrogen-bond acceptors (Lipinski definition) is 4. The molecule has 116 valence electrons. The second kappa shape index (κ2) is 9.29. The summed E-state index contributed by atoms with van der Waals surface area (Å²) in [6.07, 6.45) is 1.99. The smallest absolute Gasteiger partial charge is 0.179 e. The van der Waals surface area contributed by atoms with Crippen LogP contribution in [0.5, 0.6) is 11.5 Å². The lowest BCUT2D eigenvalue weighted by Crippen LogP contribution is -2.26. The van der Waals surface area contributed by atoms with Gasteiger partial charge in [-0.25, -0.2) is 0 Å². The van der Waals surface area contributed by atoms with Gasteiger partial charge in [-0.2, -0.15) is 0 Å². The molecule has 2 atom stereocenters. The van der Waals surface area contributed by atoms with Crippen LogP contribution >= 0.6 is 24.0 Å². The largest absolute Gasteiger partial charge is 0.493 e. The molecule has 1 aromatic carbocycles. The Bertz CT molecular complexity index is 416. The number of unbranched alkanes of at least 4 members (excludes halogenated alkanes) is 1. The van der Waals surface area contributed by atoms with Crippen molar-refractivity contribution in [3.8, 4) is 11.5 Å². The molecule has 0 saturated heterocycles. The molecular formula is C14H23Cl2NO3. The van der Waals surface area contributed by atoms with Gasteiger partial charge in [-0.1, -0.05) is 37.4 Å². The number of hydrogen-bond donors (Lipinski definition) is 2. The predicted molar refractivity (Wildman–Crippen MR) is 84.3 cm³/mol. The zero-order valence-electron chi connectivity index (χ0n) is 12.1. The van der Waals surface area contributed by atoms with Crippen molar-refractivity contribution in [1.82, 2.24) is 0 Å². The average Bonchev–Trinajstić information content (AvgIpc) is 2.43. The van der Waals surface area contributed by atoms with Gasteiger partial charge >= 0.3 is 0 Å². The maximum Gasteiger partial charge on any atom is 0.179 e. The lowest BCUT2D eigenvalue weighted by atomic mass is 9.98. The Morgan fingerprint density at radius 2 is 1.95 bits per heavy atom. The lowest BCUT2D eigenvalue weighted by Gasteiger charge is -2.21. The van der Waals surface area contributed by atoms with Crippen LogP contribution in [0.4, 0.5) is 0 Å². The number of rotatable bonds is 7. The third kappa shape index (κ3) is 4.42. The van der Waals surface area contributed by atoms with E-state index in [2.05, 4.69) is 6.92 Å². The molecule has 0 aliphatic rings. The Labute approximate surface area is 131 Å². The number of benzene rings is 1. The molecule has 4 nitrogen and oxygen atoms in total. The van der Waals surface area contributed by atoms with Crippen LogP contribution in [0, 0.1) is 0 Å².